The zero-order valence-corrected chi connectivity index (χ0v) is 10.9. The second-order valence-corrected chi connectivity index (χ2v) is 5.33. The van der Waals surface area contributed by atoms with Gasteiger partial charge in [0.05, 0.1) is 23.8 Å². The van der Waals surface area contributed by atoms with Gasteiger partial charge in [0.2, 0.25) is 0 Å². The highest BCUT2D eigenvalue weighted by Crippen LogP contribution is 2.24. The molecule has 1 fully saturated rings. The van der Waals surface area contributed by atoms with E-state index in [0.717, 1.165) is 0 Å². The van der Waals surface area contributed by atoms with Gasteiger partial charge in [-0.15, -0.1) is 0 Å². The first-order chi connectivity index (χ1) is 8.42. The molecule has 0 aromatic heterocycles. The Hall–Kier alpha value is -1.42. The van der Waals surface area contributed by atoms with Gasteiger partial charge in [0.25, 0.3) is 5.91 Å². The lowest BCUT2D eigenvalue weighted by atomic mass is 9.99. The summed E-state index contributed by atoms with van der Waals surface area (Å²) in [4.78, 5) is 14.1. The molecule has 1 saturated heterocycles. The summed E-state index contributed by atoms with van der Waals surface area (Å²) in [6, 6.07) is 6.09. The summed E-state index contributed by atoms with van der Waals surface area (Å²) in [7, 11) is 0. The molecule has 4 heteroatoms. The van der Waals surface area contributed by atoms with Gasteiger partial charge in [-0.05, 0) is 32.9 Å². The number of nitrogens with zero attached hydrogens (tertiary/aromatic N) is 1. The molecule has 98 valence electrons. The summed E-state index contributed by atoms with van der Waals surface area (Å²) in [5.74, 6) is -0.745. The summed E-state index contributed by atoms with van der Waals surface area (Å²) in [5.41, 5.74) is -0.286. The predicted octanol–water partition coefficient (Wildman–Crippen LogP) is 2.47. The number of ether oxygens (including phenoxy) is 1. The number of hydrogen-bond acceptors (Lipinski definition) is 2. The van der Waals surface area contributed by atoms with E-state index in [0.29, 0.717) is 13.2 Å². The standard InChI is InChI=1S/C14H18FNO2/c1-10-8-16(14(2,3)9-18-10)13(17)11-6-4-5-7-12(11)15/h4-7,10H,8-9H2,1-3H3. The molecule has 1 aliphatic rings. The van der Waals surface area contributed by atoms with Crippen LogP contribution in [0.5, 0.6) is 0 Å². The molecular formula is C14H18FNO2. The van der Waals surface area contributed by atoms with Crippen LogP contribution in [0.2, 0.25) is 0 Å². The van der Waals surface area contributed by atoms with Crippen LogP contribution in [-0.2, 0) is 4.74 Å². The highest BCUT2D eigenvalue weighted by molar-refractivity contribution is 5.95. The number of carbonyl (C=O) groups is 1. The molecule has 18 heavy (non-hydrogen) atoms. The fraction of sp³-hybridized carbons (Fsp3) is 0.500. The first-order valence-electron chi connectivity index (χ1n) is 6.10. The van der Waals surface area contributed by atoms with E-state index in [1.165, 1.54) is 12.1 Å². The summed E-state index contributed by atoms with van der Waals surface area (Å²) < 4.78 is 19.2. The van der Waals surface area contributed by atoms with E-state index < -0.39 is 11.4 Å². The van der Waals surface area contributed by atoms with Crippen molar-refractivity contribution >= 4 is 5.91 Å². The van der Waals surface area contributed by atoms with Gasteiger partial charge in [0, 0.05) is 6.54 Å². The molecule has 0 saturated carbocycles. The average molecular weight is 251 g/mol. The molecular weight excluding hydrogens is 233 g/mol. The Kier molecular flexibility index (Phi) is 3.39. The van der Waals surface area contributed by atoms with Crippen LogP contribution in [0.4, 0.5) is 4.39 Å². The molecule has 1 atom stereocenters. The molecule has 3 nitrogen and oxygen atoms in total. The Morgan fingerprint density at radius 1 is 1.44 bits per heavy atom. The first kappa shape index (κ1) is 13.0. The van der Waals surface area contributed by atoms with Crippen molar-refractivity contribution in [2.24, 2.45) is 0 Å². The van der Waals surface area contributed by atoms with Crippen LogP contribution < -0.4 is 0 Å². The fourth-order valence-electron chi connectivity index (χ4n) is 2.12. The van der Waals surface area contributed by atoms with Crippen LogP contribution in [0, 0.1) is 5.82 Å². The van der Waals surface area contributed by atoms with Gasteiger partial charge in [-0.1, -0.05) is 12.1 Å². The van der Waals surface area contributed by atoms with E-state index in [1.807, 2.05) is 20.8 Å². The molecule has 2 rings (SSSR count). The zero-order valence-electron chi connectivity index (χ0n) is 10.9. The summed E-state index contributed by atoms with van der Waals surface area (Å²) in [5, 5.41) is 0. The lowest BCUT2D eigenvalue weighted by Gasteiger charge is -2.44. The molecule has 1 unspecified atom stereocenters. The topological polar surface area (TPSA) is 29.5 Å². The lowest BCUT2D eigenvalue weighted by molar-refractivity contribution is -0.0757. The van der Waals surface area contributed by atoms with Crippen molar-refractivity contribution < 1.29 is 13.9 Å². The van der Waals surface area contributed by atoms with Crippen molar-refractivity contribution in [2.75, 3.05) is 13.2 Å². The third kappa shape index (κ3) is 2.38. The fourth-order valence-corrected chi connectivity index (χ4v) is 2.12. The van der Waals surface area contributed by atoms with Crippen molar-refractivity contribution in [2.45, 2.75) is 32.4 Å². The number of morpholine rings is 1. The third-order valence-corrected chi connectivity index (χ3v) is 3.24. The Morgan fingerprint density at radius 2 is 2.11 bits per heavy atom. The van der Waals surface area contributed by atoms with Gasteiger partial charge >= 0.3 is 0 Å². The second-order valence-electron chi connectivity index (χ2n) is 5.33. The number of hydrogen-bond donors (Lipinski definition) is 0. The Balaban J connectivity index is 2.30. The average Bonchev–Trinajstić information content (AvgIpc) is 2.32. The van der Waals surface area contributed by atoms with Crippen molar-refractivity contribution in [1.82, 2.24) is 4.90 Å². The van der Waals surface area contributed by atoms with Crippen LogP contribution in [0.1, 0.15) is 31.1 Å². The summed E-state index contributed by atoms with van der Waals surface area (Å²) in [6.07, 6.45) is -0.0197. The van der Waals surface area contributed by atoms with E-state index in [2.05, 4.69) is 0 Å². The van der Waals surface area contributed by atoms with E-state index in [4.69, 9.17) is 4.74 Å². The Bertz CT molecular complexity index is 459. The Morgan fingerprint density at radius 3 is 2.78 bits per heavy atom. The molecule has 0 bridgehead atoms. The van der Waals surface area contributed by atoms with Crippen LogP contribution in [0.25, 0.3) is 0 Å². The maximum absolute atomic E-state index is 13.7. The lowest BCUT2D eigenvalue weighted by Crippen LogP contribution is -2.57. The van der Waals surface area contributed by atoms with Gasteiger partial charge < -0.3 is 9.64 Å². The van der Waals surface area contributed by atoms with Crippen molar-refractivity contribution in [3.63, 3.8) is 0 Å². The van der Waals surface area contributed by atoms with Gasteiger partial charge in [-0.3, -0.25) is 4.79 Å². The van der Waals surface area contributed by atoms with Crippen LogP contribution >= 0.6 is 0 Å². The Labute approximate surface area is 107 Å². The van der Waals surface area contributed by atoms with Gasteiger partial charge in [-0.2, -0.15) is 0 Å². The number of halogens is 1. The minimum absolute atomic E-state index is 0.0197. The molecule has 1 aromatic carbocycles. The molecule has 0 aliphatic carbocycles. The maximum Gasteiger partial charge on any atom is 0.257 e. The zero-order chi connectivity index (χ0) is 13.3. The van der Waals surface area contributed by atoms with Gasteiger partial charge in [-0.25, -0.2) is 4.39 Å². The molecule has 1 amide bonds. The van der Waals surface area contributed by atoms with Crippen LogP contribution in [0.3, 0.4) is 0 Å². The number of rotatable bonds is 1. The molecule has 0 N–H and O–H groups in total. The normalized spacial score (nSPS) is 22.9. The monoisotopic (exact) mass is 251 g/mol. The quantitative estimate of drug-likeness (QED) is 0.767. The van der Waals surface area contributed by atoms with Crippen molar-refractivity contribution in [3.05, 3.63) is 35.6 Å². The van der Waals surface area contributed by atoms with Gasteiger partial charge in [0.15, 0.2) is 0 Å². The van der Waals surface area contributed by atoms with Gasteiger partial charge in [0.1, 0.15) is 5.82 Å². The van der Waals surface area contributed by atoms with Crippen molar-refractivity contribution in [1.29, 1.82) is 0 Å². The number of benzene rings is 1. The molecule has 0 radical (unpaired) electrons. The number of carbonyl (C=O) groups excluding carboxylic acids is 1. The van der Waals surface area contributed by atoms with E-state index in [1.54, 1.807) is 17.0 Å². The summed E-state index contributed by atoms with van der Waals surface area (Å²) >= 11 is 0. The van der Waals surface area contributed by atoms with Crippen LogP contribution in [-0.4, -0.2) is 35.6 Å². The highest BCUT2D eigenvalue weighted by atomic mass is 19.1. The largest absolute Gasteiger partial charge is 0.374 e. The minimum atomic E-state index is -0.475. The van der Waals surface area contributed by atoms with E-state index >= 15 is 0 Å². The molecule has 1 aliphatic heterocycles. The van der Waals surface area contributed by atoms with Crippen molar-refractivity contribution in [3.8, 4) is 0 Å². The third-order valence-electron chi connectivity index (χ3n) is 3.24. The second kappa shape index (κ2) is 4.69. The SMILES string of the molecule is CC1CN(C(=O)c2ccccc2F)C(C)(C)CO1. The minimum Gasteiger partial charge on any atom is -0.374 e. The highest BCUT2D eigenvalue weighted by Gasteiger charge is 2.37. The van der Waals surface area contributed by atoms with Crippen LogP contribution in [0.15, 0.2) is 24.3 Å². The summed E-state index contributed by atoms with van der Waals surface area (Å²) in [6.45, 7) is 6.72. The van der Waals surface area contributed by atoms with E-state index in [-0.39, 0.29) is 17.6 Å². The smallest absolute Gasteiger partial charge is 0.257 e. The first-order valence-corrected chi connectivity index (χ1v) is 6.10. The molecule has 0 spiro atoms. The maximum atomic E-state index is 13.7. The molecule has 1 aromatic rings. The van der Waals surface area contributed by atoms with E-state index in [9.17, 15) is 9.18 Å². The molecule has 1 heterocycles. The predicted molar refractivity (Wildman–Crippen MR) is 66.9 cm³/mol. The number of amides is 1.